The first kappa shape index (κ1) is 13.1. The summed E-state index contributed by atoms with van der Waals surface area (Å²) in [5.74, 6) is -2.17. The monoisotopic (exact) mass is 277 g/mol. The molecule has 2 rings (SSSR count). The number of hydrogen-bond donors (Lipinski definition) is 0. The lowest BCUT2D eigenvalue weighted by Gasteiger charge is -1.98. The highest BCUT2D eigenvalue weighted by atomic mass is 35.5. The molecule has 19 heavy (non-hydrogen) atoms. The van der Waals surface area contributed by atoms with Gasteiger partial charge in [-0.3, -0.25) is 0 Å². The van der Waals surface area contributed by atoms with Crippen LogP contribution < -0.4 is 0 Å². The average molecular weight is 278 g/mol. The van der Waals surface area contributed by atoms with Gasteiger partial charge in [-0.05, 0) is 30.3 Å². The van der Waals surface area contributed by atoms with Crippen molar-refractivity contribution in [1.82, 2.24) is 0 Å². The summed E-state index contributed by atoms with van der Waals surface area (Å²) in [7, 11) is 0. The van der Waals surface area contributed by atoms with Gasteiger partial charge in [0.15, 0.2) is 11.6 Å². The van der Waals surface area contributed by atoms with E-state index in [4.69, 9.17) is 16.9 Å². The van der Waals surface area contributed by atoms with Crippen molar-refractivity contribution in [3.8, 4) is 6.07 Å². The number of azo groups is 1. The molecular weight excluding hydrogens is 272 g/mol. The molecule has 0 aliphatic carbocycles. The zero-order chi connectivity index (χ0) is 13.8. The molecule has 0 unspecified atom stereocenters. The van der Waals surface area contributed by atoms with Crippen LogP contribution in [0.3, 0.4) is 0 Å². The largest absolute Gasteiger partial charge is 0.204 e. The number of nitriles is 1. The molecule has 2 aromatic rings. The third-order valence-electron chi connectivity index (χ3n) is 2.26. The minimum Gasteiger partial charge on any atom is -0.204 e. The topological polar surface area (TPSA) is 48.5 Å². The van der Waals surface area contributed by atoms with E-state index in [0.29, 0.717) is 10.7 Å². The Balaban J connectivity index is 2.35. The van der Waals surface area contributed by atoms with Crippen LogP contribution in [0.15, 0.2) is 46.6 Å². The van der Waals surface area contributed by atoms with Crippen LogP contribution in [0, 0.1) is 23.0 Å². The van der Waals surface area contributed by atoms with Gasteiger partial charge in [0.2, 0.25) is 0 Å². The number of hydrogen-bond acceptors (Lipinski definition) is 3. The summed E-state index contributed by atoms with van der Waals surface area (Å²) in [6, 6.07) is 9.79. The van der Waals surface area contributed by atoms with Crippen LogP contribution in [0.1, 0.15) is 5.56 Å². The van der Waals surface area contributed by atoms with Gasteiger partial charge in [-0.2, -0.15) is 10.4 Å². The Morgan fingerprint density at radius 2 is 1.63 bits per heavy atom. The molecule has 94 valence electrons. The fraction of sp³-hybridized carbons (Fsp3) is 0. The molecule has 0 aliphatic heterocycles. The van der Waals surface area contributed by atoms with Crippen LogP contribution >= 0.6 is 11.6 Å². The van der Waals surface area contributed by atoms with Gasteiger partial charge in [-0.25, -0.2) is 8.78 Å². The SMILES string of the molecule is N#Cc1cc(F)c(F)cc1/N=N/c1ccc(Cl)cc1. The van der Waals surface area contributed by atoms with Gasteiger partial charge in [0, 0.05) is 11.1 Å². The number of halogens is 3. The molecule has 0 aromatic heterocycles. The highest BCUT2D eigenvalue weighted by molar-refractivity contribution is 6.30. The van der Waals surface area contributed by atoms with Crippen molar-refractivity contribution in [3.05, 3.63) is 58.6 Å². The van der Waals surface area contributed by atoms with E-state index >= 15 is 0 Å². The van der Waals surface area contributed by atoms with Crippen LogP contribution in [0.2, 0.25) is 5.02 Å². The number of rotatable bonds is 2. The third-order valence-corrected chi connectivity index (χ3v) is 2.51. The molecule has 0 N–H and O–H groups in total. The maximum Gasteiger partial charge on any atom is 0.161 e. The van der Waals surface area contributed by atoms with Gasteiger partial charge in [-0.15, -0.1) is 5.11 Å². The van der Waals surface area contributed by atoms with Crippen LogP contribution in [0.25, 0.3) is 0 Å². The Morgan fingerprint density at radius 1 is 1.00 bits per heavy atom. The average Bonchev–Trinajstić information content (AvgIpc) is 2.41. The molecule has 0 atom stereocenters. The van der Waals surface area contributed by atoms with Gasteiger partial charge in [-0.1, -0.05) is 11.6 Å². The second-order valence-corrected chi connectivity index (χ2v) is 4.01. The van der Waals surface area contributed by atoms with Crippen LogP contribution in [0.5, 0.6) is 0 Å². The van der Waals surface area contributed by atoms with Crippen molar-refractivity contribution >= 4 is 23.0 Å². The molecule has 6 heteroatoms. The first-order valence-corrected chi connectivity index (χ1v) is 5.54. The minimum absolute atomic E-state index is 0.0312. The number of benzene rings is 2. The molecule has 0 bridgehead atoms. The molecule has 0 aliphatic rings. The lowest BCUT2D eigenvalue weighted by atomic mass is 10.2. The third kappa shape index (κ3) is 3.12. The van der Waals surface area contributed by atoms with Gasteiger partial charge in [0.1, 0.15) is 11.8 Å². The van der Waals surface area contributed by atoms with Gasteiger partial charge in [0.05, 0.1) is 11.3 Å². The first-order chi connectivity index (χ1) is 9.10. The molecular formula is C13H6ClF2N3. The van der Waals surface area contributed by atoms with Crippen molar-refractivity contribution in [2.24, 2.45) is 10.2 Å². The molecule has 0 saturated heterocycles. The van der Waals surface area contributed by atoms with Gasteiger partial charge in [0.25, 0.3) is 0 Å². The lowest BCUT2D eigenvalue weighted by Crippen LogP contribution is -1.86. The summed E-state index contributed by atoms with van der Waals surface area (Å²) in [6.45, 7) is 0. The first-order valence-electron chi connectivity index (χ1n) is 5.16. The zero-order valence-electron chi connectivity index (χ0n) is 9.44. The van der Waals surface area contributed by atoms with Gasteiger partial charge >= 0.3 is 0 Å². The summed E-state index contributed by atoms with van der Waals surface area (Å²) < 4.78 is 26.0. The highest BCUT2D eigenvalue weighted by Crippen LogP contribution is 2.25. The molecule has 0 amide bonds. The van der Waals surface area contributed by atoms with E-state index in [9.17, 15) is 8.78 Å². The van der Waals surface area contributed by atoms with E-state index in [1.807, 2.05) is 0 Å². The van der Waals surface area contributed by atoms with E-state index in [-0.39, 0.29) is 11.3 Å². The van der Waals surface area contributed by atoms with Crippen LogP contribution in [0.4, 0.5) is 20.2 Å². The Hall–Kier alpha value is -2.32. The van der Waals surface area contributed by atoms with Crippen LogP contribution in [-0.2, 0) is 0 Å². The molecule has 2 aromatic carbocycles. The maximum absolute atomic E-state index is 13.1. The second-order valence-electron chi connectivity index (χ2n) is 3.57. The summed E-state index contributed by atoms with van der Waals surface area (Å²) in [4.78, 5) is 0. The van der Waals surface area contributed by atoms with E-state index in [1.54, 1.807) is 30.3 Å². The summed E-state index contributed by atoms with van der Waals surface area (Å²) >= 11 is 5.71. The molecule has 0 radical (unpaired) electrons. The van der Waals surface area contributed by atoms with E-state index in [1.165, 1.54) is 0 Å². The Morgan fingerprint density at radius 3 is 2.26 bits per heavy atom. The smallest absolute Gasteiger partial charge is 0.161 e. The predicted octanol–water partition coefficient (Wildman–Crippen LogP) is 4.91. The van der Waals surface area contributed by atoms with Crippen molar-refractivity contribution < 1.29 is 8.78 Å². The van der Waals surface area contributed by atoms with Crippen molar-refractivity contribution in [2.75, 3.05) is 0 Å². The van der Waals surface area contributed by atoms with Crippen molar-refractivity contribution in [3.63, 3.8) is 0 Å². The normalized spacial score (nSPS) is 10.6. The lowest BCUT2D eigenvalue weighted by molar-refractivity contribution is 0.508. The van der Waals surface area contributed by atoms with Crippen LogP contribution in [-0.4, -0.2) is 0 Å². The fourth-order valence-electron chi connectivity index (χ4n) is 1.33. The van der Waals surface area contributed by atoms with E-state index < -0.39 is 11.6 Å². The zero-order valence-corrected chi connectivity index (χ0v) is 10.2. The number of nitrogens with zero attached hydrogens (tertiary/aromatic N) is 3. The summed E-state index contributed by atoms with van der Waals surface area (Å²) in [6.07, 6.45) is 0. The Labute approximate surface area is 112 Å². The molecule has 0 heterocycles. The van der Waals surface area contributed by atoms with Crippen molar-refractivity contribution in [1.29, 1.82) is 5.26 Å². The highest BCUT2D eigenvalue weighted by Gasteiger charge is 2.09. The summed E-state index contributed by atoms with van der Waals surface area (Å²) in [5, 5.41) is 16.9. The predicted molar refractivity (Wildman–Crippen MR) is 66.7 cm³/mol. The van der Waals surface area contributed by atoms with E-state index in [0.717, 1.165) is 12.1 Å². The quantitative estimate of drug-likeness (QED) is 0.720. The standard InChI is InChI=1S/C13H6ClF2N3/c14-9-1-3-10(4-2-9)18-19-13-6-12(16)11(15)5-8(13)7-17/h1-6H/b19-18+. The van der Waals surface area contributed by atoms with Crippen molar-refractivity contribution in [2.45, 2.75) is 0 Å². The summed E-state index contributed by atoms with van der Waals surface area (Å²) in [5.41, 5.74) is 0.367. The molecule has 0 saturated carbocycles. The minimum atomic E-state index is -1.10. The van der Waals surface area contributed by atoms with Gasteiger partial charge < -0.3 is 0 Å². The molecule has 3 nitrogen and oxygen atoms in total. The Bertz CT molecular complexity index is 676. The maximum atomic E-state index is 13.1. The molecule has 0 fully saturated rings. The fourth-order valence-corrected chi connectivity index (χ4v) is 1.45. The second kappa shape index (κ2) is 5.55. The van der Waals surface area contributed by atoms with E-state index in [2.05, 4.69) is 10.2 Å². The Kier molecular flexibility index (Phi) is 3.83. The molecule has 0 spiro atoms.